The monoisotopic (exact) mass is 203 g/mol. The normalized spacial score (nSPS) is 27.4. The summed E-state index contributed by atoms with van der Waals surface area (Å²) in [6.07, 6.45) is 1.65. The molecular formula is C10H21NO3. The third-order valence-corrected chi connectivity index (χ3v) is 2.96. The lowest BCUT2D eigenvalue weighted by Crippen LogP contribution is -2.42. The maximum atomic E-state index is 9.06. The van der Waals surface area contributed by atoms with Gasteiger partial charge in [0.15, 0.2) is 0 Å². The molecule has 0 saturated heterocycles. The van der Waals surface area contributed by atoms with E-state index < -0.39 is 5.41 Å². The van der Waals surface area contributed by atoms with Gasteiger partial charge in [0.2, 0.25) is 0 Å². The molecule has 4 heteroatoms. The van der Waals surface area contributed by atoms with E-state index in [1.165, 1.54) is 0 Å². The van der Waals surface area contributed by atoms with E-state index in [0.717, 1.165) is 19.4 Å². The molecule has 0 heterocycles. The average molecular weight is 203 g/mol. The largest absolute Gasteiger partial charge is 0.396 e. The molecule has 4 nitrogen and oxygen atoms in total. The molecule has 1 rings (SSSR count). The van der Waals surface area contributed by atoms with Crippen molar-refractivity contribution in [2.75, 3.05) is 26.3 Å². The van der Waals surface area contributed by atoms with Gasteiger partial charge in [-0.1, -0.05) is 6.92 Å². The number of hydrogen-bond acceptors (Lipinski definition) is 4. The molecule has 1 aliphatic carbocycles. The van der Waals surface area contributed by atoms with Gasteiger partial charge in [-0.25, -0.2) is 0 Å². The van der Waals surface area contributed by atoms with Crippen molar-refractivity contribution in [3.8, 4) is 0 Å². The Morgan fingerprint density at radius 3 is 2.29 bits per heavy atom. The minimum atomic E-state index is -0.428. The van der Waals surface area contributed by atoms with Crippen LogP contribution < -0.4 is 5.32 Å². The first-order valence-electron chi connectivity index (χ1n) is 5.20. The highest BCUT2D eigenvalue weighted by Crippen LogP contribution is 2.26. The molecule has 0 aromatic rings. The predicted octanol–water partition coefficient (Wildman–Crippen LogP) is -0.662. The molecule has 1 saturated carbocycles. The average Bonchev–Trinajstić information content (AvgIpc) is 2.15. The Balaban J connectivity index is 2.08. The Morgan fingerprint density at radius 2 is 1.86 bits per heavy atom. The fraction of sp³-hybridized carbons (Fsp3) is 1.00. The summed E-state index contributed by atoms with van der Waals surface area (Å²) in [5.74, 6) is 0.562. The molecule has 0 aromatic carbocycles. The molecule has 0 amide bonds. The zero-order valence-corrected chi connectivity index (χ0v) is 8.74. The molecule has 0 aliphatic heterocycles. The van der Waals surface area contributed by atoms with Gasteiger partial charge in [0.25, 0.3) is 0 Å². The van der Waals surface area contributed by atoms with Crippen molar-refractivity contribution < 1.29 is 15.3 Å². The van der Waals surface area contributed by atoms with Crippen molar-refractivity contribution in [2.24, 2.45) is 11.3 Å². The summed E-state index contributed by atoms with van der Waals surface area (Å²) >= 11 is 0. The summed E-state index contributed by atoms with van der Waals surface area (Å²) in [6, 6.07) is 0. The highest BCUT2D eigenvalue weighted by atomic mass is 16.3. The lowest BCUT2D eigenvalue weighted by Gasteiger charge is -2.33. The lowest BCUT2D eigenvalue weighted by molar-refractivity contribution is 0.0358. The molecule has 0 unspecified atom stereocenters. The molecular weight excluding hydrogens is 182 g/mol. The molecule has 0 atom stereocenters. The van der Waals surface area contributed by atoms with Crippen molar-refractivity contribution in [3.05, 3.63) is 0 Å². The molecule has 84 valence electrons. The van der Waals surface area contributed by atoms with Crippen LogP contribution in [0.2, 0.25) is 0 Å². The van der Waals surface area contributed by atoms with Gasteiger partial charge in [0.05, 0.1) is 19.3 Å². The van der Waals surface area contributed by atoms with Crippen LogP contribution in [0.3, 0.4) is 0 Å². The first kappa shape index (κ1) is 11.9. The van der Waals surface area contributed by atoms with Crippen molar-refractivity contribution in [1.82, 2.24) is 5.32 Å². The SMILES string of the molecule is CC(CO)(CO)CNCC1CC(O)C1. The van der Waals surface area contributed by atoms with Crippen LogP contribution >= 0.6 is 0 Å². The van der Waals surface area contributed by atoms with E-state index >= 15 is 0 Å². The summed E-state index contributed by atoms with van der Waals surface area (Å²) in [6.45, 7) is 3.31. The van der Waals surface area contributed by atoms with Gasteiger partial charge in [-0.2, -0.15) is 0 Å². The maximum Gasteiger partial charge on any atom is 0.0546 e. The van der Waals surface area contributed by atoms with Gasteiger partial charge in [-0.3, -0.25) is 0 Å². The summed E-state index contributed by atoms with van der Waals surface area (Å²) < 4.78 is 0. The summed E-state index contributed by atoms with van der Waals surface area (Å²) in [5, 5.41) is 30.3. The van der Waals surface area contributed by atoms with Gasteiger partial charge in [0.1, 0.15) is 0 Å². The molecule has 1 aliphatic rings. The van der Waals surface area contributed by atoms with E-state index in [4.69, 9.17) is 15.3 Å². The van der Waals surface area contributed by atoms with Crippen LogP contribution in [-0.4, -0.2) is 47.7 Å². The molecule has 0 spiro atoms. The Morgan fingerprint density at radius 1 is 1.29 bits per heavy atom. The Labute approximate surface area is 85.0 Å². The second-order valence-corrected chi connectivity index (χ2v) is 4.75. The van der Waals surface area contributed by atoms with Crippen molar-refractivity contribution in [3.63, 3.8) is 0 Å². The maximum absolute atomic E-state index is 9.06. The minimum absolute atomic E-state index is 0.0101. The third kappa shape index (κ3) is 3.20. The van der Waals surface area contributed by atoms with Crippen molar-refractivity contribution >= 4 is 0 Å². The van der Waals surface area contributed by atoms with Crippen LogP contribution in [0, 0.1) is 11.3 Å². The highest BCUT2D eigenvalue weighted by molar-refractivity contribution is 4.82. The zero-order chi connectivity index (χ0) is 10.6. The van der Waals surface area contributed by atoms with E-state index in [1.807, 2.05) is 6.92 Å². The predicted molar refractivity (Wildman–Crippen MR) is 53.9 cm³/mol. The number of aliphatic hydroxyl groups is 3. The van der Waals surface area contributed by atoms with Gasteiger partial charge in [-0.05, 0) is 25.3 Å². The summed E-state index contributed by atoms with van der Waals surface area (Å²) in [4.78, 5) is 0. The van der Waals surface area contributed by atoms with Crippen LogP contribution in [0.15, 0.2) is 0 Å². The number of nitrogens with one attached hydrogen (secondary N) is 1. The number of aliphatic hydroxyl groups excluding tert-OH is 3. The van der Waals surface area contributed by atoms with Crippen LogP contribution in [0.5, 0.6) is 0 Å². The zero-order valence-electron chi connectivity index (χ0n) is 8.74. The molecule has 1 fully saturated rings. The number of rotatable bonds is 6. The third-order valence-electron chi connectivity index (χ3n) is 2.96. The lowest BCUT2D eigenvalue weighted by atomic mass is 9.82. The van der Waals surface area contributed by atoms with E-state index in [0.29, 0.717) is 12.5 Å². The molecule has 4 N–H and O–H groups in total. The van der Waals surface area contributed by atoms with E-state index in [2.05, 4.69) is 5.32 Å². The molecule has 0 aromatic heterocycles. The summed E-state index contributed by atoms with van der Waals surface area (Å²) in [7, 11) is 0. The highest BCUT2D eigenvalue weighted by Gasteiger charge is 2.28. The number of hydrogen-bond donors (Lipinski definition) is 4. The Bertz CT molecular complexity index is 165. The van der Waals surface area contributed by atoms with Crippen molar-refractivity contribution in [1.29, 1.82) is 0 Å². The van der Waals surface area contributed by atoms with Gasteiger partial charge < -0.3 is 20.6 Å². The van der Waals surface area contributed by atoms with Gasteiger partial charge in [-0.15, -0.1) is 0 Å². The van der Waals surface area contributed by atoms with Crippen LogP contribution in [-0.2, 0) is 0 Å². The minimum Gasteiger partial charge on any atom is -0.396 e. The van der Waals surface area contributed by atoms with E-state index in [1.54, 1.807) is 0 Å². The first-order valence-corrected chi connectivity index (χ1v) is 5.20. The standard InChI is InChI=1S/C10H21NO3/c1-10(6-12,7-13)5-11-4-8-2-9(14)3-8/h8-9,11-14H,2-7H2,1H3. The molecule has 0 radical (unpaired) electrons. The fourth-order valence-corrected chi connectivity index (χ4v) is 1.61. The van der Waals surface area contributed by atoms with Crippen LogP contribution in [0.4, 0.5) is 0 Å². The second kappa shape index (κ2) is 5.07. The summed E-state index contributed by atoms with van der Waals surface area (Å²) in [5.41, 5.74) is -0.428. The van der Waals surface area contributed by atoms with Crippen LogP contribution in [0.25, 0.3) is 0 Å². The fourth-order valence-electron chi connectivity index (χ4n) is 1.61. The Hall–Kier alpha value is -0.160. The Kier molecular flexibility index (Phi) is 4.31. The first-order chi connectivity index (χ1) is 6.59. The van der Waals surface area contributed by atoms with E-state index in [-0.39, 0.29) is 19.3 Å². The van der Waals surface area contributed by atoms with Crippen LogP contribution in [0.1, 0.15) is 19.8 Å². The smallest absolute Gasteiger partial charge is 0.0546 e. The molecule has 14 heavy (non-hydrogen) atoms. The van der Waals surface area contributed by atoms with Gasteiger partial charge in [0, 0.05) is 12.0 Å². The van der Waals surface area contributed by atoms with Gasteiger partial charge >= 0.3 is 0 Å². The second-order valence-electron chi connectivity index (χ2n) is 4.75. The topological polar surface area (TPSA) is 72.7 Å². The van der Waals surface area contributed by atoms with E-state index in [9.17, 15) is 0 Å². The molecule has 0 bridgehead atoms. The quantitative estimate of drug-likeness (QED) is 0.462. The van der Waals surface area contributed by atoms with Crippen molar-refractivity contribution in [2.45, 2.75) is 25.9 Å².